The van der Waals surface area contributed by atoms with Crippen molar-refractivity contribution < 1.29 is 9.66 Å². The number of ether oxygens (including phenoxy) is 1. The van der Waals surface area contributed by atoms with Gasteiger partial charge in [-0.05, 0) is 47.0 Å². The highest BCUT2D eigenvalue weighted by molar-refractivity contribution is 9.10. The molecule has 0 spiro atoms. The van der Waals surface area contributed by atoms with Gasteiger partial charge in [0.2, 0.25) is 6.54 Å². The van der Waals surface area contributed by atoms with Crippen LogP contribution < -0.4 is 4.74 Å². The summed E-state index contributed by atoms with van der Waals surface area (Å²) in [5, 5.41) is 12.3. The van der Waals surface area contributed by atoms with Gasteiger partial charge >= 0.3 is 0 Å². The maximum absolute atomic E-state index is 11.3. The number of halogens is 1. The summed E-state index contributed by atoms with van der Waals surface area (Å²) in [5.74, 6) is 0.400. The van der Waals surface area contributed by atoms with E-state index in [1.165, 1.54) is 0 Å². The van der Waals surface area contributed by atoms with Gasteiger partial charge in [-0.25, -0.2) is 0 Å². The molecule has 0 unspecified atom stereocenters. The molecule has 0 bridgehead atoms. The molecule has 1 heterocycles. The van der Waals surface area contributed by atoms with E-state index < -0.39 is 0 Å². The molecule has 0 aliphatic rings. The van der Waals surface area contributed by atoms with Crippen LogP contribution >= 0.6 is 15.9 Å². The van der Waals surface area contributed by atoms with Gasteiger partial charge in [-0.1, -0.05) is 58.4 Å². The molecule has 1 aromatic heterocycles. The summed E-state index contributed by atoms with van der Waals surface area (Å²) in [4.78, 5) is 14.3. The zero-order valence-corrected chi connectivity index (χ0v) is 17.1. The lowest BCUT2D eigenvalue weighted by Crippen LogP contribution is -2.13. The van der Waals surface area contributed by atoms with Crippen LogP contribution in [0.25, 0.3) is 10.9 Å². The summed E-state index contributed by atoms with van der Waals surface area (Å²) in [6.45, 7) is 0.300. The van der Waals surface area contributed by atoms with Crippen LogP contribution in [0.15, 0.2) is 83.5 Å². The Morgan fingerprint density at radius 1 is 1.00 bits per heavy atom. The standard InChI is InChI=1S/C23H19BrN2O3/c24-18-9-5-16(6-10-18)15-29-19-11-7-17(8-12-19)22(14-26(27)28)21-13-25-23-4-2-1-3-20(21)23/h1-13,22,25H,14-15H2/t22-/m0/s1. The van der Waals surface area contributed by atoms with Gasteiger partial charge in [0, 0.05) is 26.5 Å². The lowest BCUT2D eigenvalue weighted by Gasteiger charge is -2.14. The number of nitro groups is 1. The number of aromatic amines is 1. The van der Waals surface area contributed by atoms with Gasteiger partial charge in [0.05, 0.1) is 5.92 Å². The highest BCUT2D eigenvalue weighted by atomic mass is 79.9. The quantitative estimate of drug-likeness (QED) is 0.280. The molecule has 4 aromatic rings. The van der Waals surface area contributed by atoms with Gasteiger partial charge in [0.25, 0.3) is 0 Å². The molecule has 146 valence electrons. The fourth-order valence-electron chi connectivity index (χ4n) is 3.46. The third-order valence-corrected chi connectivity index (χ3v) is 5.46. The Balaban J connectivity index is 1.55. The number of para-hydroxylation sites is 1. The molecule has 6 heteroatoms. The monoisotopic (exact) mass is 450 g/mol. The summed E-state index contributed by atoms with van der Waals surface area (Å²) in [6.07, 6.45) is 1.87. The molecule has 4 rings (SSSR count). The number of H-pyrrole nitrogens is 1. The lowest BCUT2D eigenvalue weighted by atomic mass is 9.91. The fraction of sp³-hybridized carbons (Fsp3) is 0.130. The molecule has 0 saturated heterocycles. The minimum absolute atomic E-state index is 0.166. The van der Waals surface area contributed by atoms with Crippen molar-refractivity contribution in [2.24, 2.45) is 0 Å². The Hall–Kier alpha value is -3.12. The molecule has 1 atom stereocenters. The Morgan fingerprint density at radius 2 is 1.72 bits per heavy atom. The number of nitrogens with zero attached hydrogens (tertiary/aromatic N) is 1. The summed E-state index contributed by atoms with van der Waals surface area (Å²) in [7, 11) is 0. The predicted octanol–water partition coefficient (Wildman–Crippen LogP) is 5.92. The third-order valence-electron chi connectivity index (χ3n) is 4.93. The van der Waals surface area contributed by atoms with Crippen LogP contribution in [-0.4, -0.2) is 16.5 Å². The Bertz CT molecular complexity index is 1120. The van der Waals surface area contributed by atoms with Crippen LogP contribution in [0.1, 0.15) is 22.6 Å². The molecule has 0 amide bonds. The Labute approximate surface area is 176 Å². The van der Waals surface area contributed by atoms with E-state index in [2.05, 4.69) is 20.9 Å². The second-order valence-electron chi connectivity index (χ2n) is 6.84. The van der Waals surface area contributed by atoms with E-state index in [-0.39, 0.29) is 17.4 Å². The molecule has 0 aliphatic heterocycles. The molecule has 0 radical (unpaired) electrons. The van der Waals surface area contributed by atoms with Gasteiger partial charge in [0.1, 0.15) is 12.4 Å². The van der Waals surface area contributed by atoms with Crippen LogP contribution in [0.5, 0.6) is 5.75 Å². The highest BCUT2D eigenvalue weighted by Gasteiger charge is 2.23. The highest BCUT2D eigenvalue weighted by Crippen LogP contribution is 2.32. The summed E-state index contributed by atoms with van der Waals surface area (Å²) in [6, 6.07) is 23.4. The summed E-state index contributed by atoms with van der Waals surface area (Å²) >= 11 is 3.42. The molecular weight excluding hydrogens is 432 g/mol. The van der Waals surface area contributed by atoms with E-state index in [4.69, 9.17) is 4.74 Å². The van der Waals surface area contributed by atoms with Crippen LogP contribution in [-0.2, 0) is 6.61 Å². The number of hydrogen-bond acceptors (Lipinski definition) is 3. The van der Waals surface area contributed by atoms with Gasteiger partial charge in [-0.15, -0.1) is 0 Å². The van der Waals surface area contributed by atoms with Crippen molar-refractivity contribution in [1.82, 2.24) is 4.98 Å². The van der Waals surface area contributed by atoms with Crippen molar-refractivity contribution in [2.75, 3.05) is 6.54 Å². The number of hydrogen-bond donors (Lipinski definition) is 1. The van der Waals surface area contributed by atoms with E-state index in [9.17, 15) is 10.1 Å². The van der Waals surface area contributed by atoms with Crippen LogP contribution in [0.2, 0.25) is 0 Å². The average molecular weight is 451 g/mol. The maximum Gasteiger partial charge on any atom is 0.214 e. The Kier molecular flexibility index (Phi) is 5.62. The van der Waals surface area contributed by atoms with Gasteiger partial charge in [-0.2, -0.15) is 0 Å². The second kappa shape index (κ2) is 8.49. The molecule has 1 N–H and O–H groups in total. The predicted molar refractivity (Wildman–Crippen MR) is 117 cm³/mol. The van der Waals surface area contributed by atoms with E-state index >= 15 is 0 Å². The van der Waals surface area contributed by atoms with Gasteiger partial charge in [-0.3, -0.25) is 10.1 Å². The number of fused-ring (bicyclic) bond motifs is 1. The van der Waals surface area contributed by atoms with Crippen molar-refractivity contribution >= 4 is 26.8 Å². The summed E-state index contributed by atoms with van der Waals surface area (Å²) in [5.41, 5.74) is 3.87. The second-order valence-corrected chi connectivity index (χ2v) is 7.76. The van der Waals surface area contributed by atoms with Crippen LogP contribution in [0, 0.1) is 10.1 Å². The molecule has 0 saturated carbocycles. The summed E-state index contributed by atoms with van der Waals surface area (Å²) < 4.78 is 6.88. The van der Waals surface area contributed by atoms with Crippen molar-refractivity contribution in [3.63, 3.8) is 0 Å². The largest absolute Gasteiger partial charge is 0.489 e. The van der Waals surface area contributed by atoms with E-state index in [0.717, 1.165) is 37.8 Å². The Morgan fingerprint density at radius 3 is 2.45 bits per heavy atom. The van der Waals surface area contributed by atoms with Crippen molar-refractivity contribution in [3.8, 4) is 5.75 Å². The first-order chi connectivity index (χ1) is 14.1. The SMILES string of the molecule is O=[N+]([O-])C[C@@H](c1ccc(OCc2ccc(Br)cc2)cc1)c1c[nH]c2ccccc12. The fourth-order valence-corrected chi connectivity index (χ4v) is 3.72. The van der Waals surface area contributed by atoms with Gasteiger partial charge < -0.3 is 9.72 Å². The maximum atomic E-state index is 11.3. The average Bonchev–Trinajstić information content (AvgIpc) is 3.16. The first-order valence-electron chi connectivity index (χ1n) is 9.25. The molecule has 3 aromatic carbocycles. The number of rotatable bonds is 7. The van der Waals surface area contributed by atoms with Crippen molar-refractivity contribution in [2.45, 2.75) is 12.5 Å². The first-order valence-corrected chi connectivity index (χ1v) is 10.0. The van der Waals surface area contributed by atoms with E-state index in [1.54, 1.807) is 0 Å². The zero-order chi connectivity index (χ0) is 20.2. The molecular formula is C23H19BrN2O3. The van der Waals surface area contributed by atoms with E-state index in [0.29, 0.717) is 6.61 Å². The first kappa shape index (κ1) is 19.2. The molecule has 0 fully saturated rings. The van der Waals surface area contributed by atoms with Crippen molar-refractivity contribution in [3.05, 3.63) is 110 Å². The molecule has 5 nitrogen and oxygen atoms in total. The minimum Gasteiger partial charge on any atom is -0.489 e. The zero-order valence-electron chi connectivity index (χ0n) is 15.5. The van der Waals surface area contributed by atoms with E-state index in [1.807, 2.05) is 79.0 Å². The normalized spacial score (nSPS) is 12.0. The smallest absolute Gasteiger partial charge is 0.214 e. The topological polar surface area (TPSA) is 68.2 Å². The van der Waals surface area contributed by atoms with Crippen molar-refractivity contribution in [1.29, 1.82) is 0 Å². The van der Waals surface area contributed by atoms with Crippen LogP contribution in [0.3, 0.4) is 0 Å². The molecule has 29 heavy (non-hydrogen) atoms. The number of benzene rings is 3. The number of nitrogens with one attached hydrogen (secondary N) is 1. The third kappa shape index (κ3) is 4.49. The lowest BCUT2D eigenvalue weighted by molar-refractivity contribution is -0.481. The van der Waals surface area contributed by atoms with Crippen LogP contribution in [0.4, 0.5) is 0 Å². The number of aromatic nitrogens is 1. The van der Waals surface area contributed by atoms with Gasteiger partial charge in [0.15, 0.2) is 0 Å². The minimum atomic E-state index is -0.332. The molecule has 0 aliphatic carbocycles.